The van der Waals surface area contributed by atoms with Crippen LogP contribution in [0, 0.1) is 5.41 Å². The van der Waals surface area contributed by atoms with Gasteiger partial charge in [0, 0.05) is 19.2 Å². The first-order valence-corrected chi connectivity index (χ1v) is 6.48. The molecule has 0 amide bonds. The van der Waals surface area contributed by atoms with Gasteiger partial charge in [0.1, 0.15) is 0 Å². The molecule has 96 valence electrons. The van der Waals surface area contributed by atoms with Crippen LogP contribution in [0.25, 0.3) is 0 Å². The topological polar surface area (TPSA) is 21.3 Å². The first kappa shape index (κ1) is 14.0. The van der Waals surface area contributed by atoms with Gasteiger partial charge in [-0.05, 0) is 65.7 Å². The monoisotopic (exact) mass is 227 g/mol. The summed E-state index contributed by atoms with van der Waals surface area (Å²) in [6.07, 6.45) is 5.22. The van der Waals surface area contributed by atoms with Gasteiger partial charge in [-0.3, -0.25) is 0 Å². The quantitative estimate of drug-likeness (QED) is 0.751. The number of ether oxygens (including phenoxy) is 1. The van der Waals surface area contributed by atoms with Crippen LogP contribution in [0.4, 0.5) is 0 Å². The summed E-state index contributed by atoms with van der Waals surface area (Å²) < 4.78 is 5.49. The van der Waals surface area contributed by atoms with Crippen LogP contribution >= 0.6 is 0 Å². The van der Waals surface area contributed by atoms with E-state index in [0.717, 1.165) is 13.0 Å². The van der Waals surface area contributed by atoms with E-state index in [0.29, 0.717) is 5.41 Å². The maximum Gasteiger partial charge on any atom is 0.0623 e. The molecule has 0 unspecified atom stereocenters. The fourth-order valence-corrected chi connectivity index (χ4v) is 1.81. The first-order chi connectivity index (χ1) is 7.18. The van der Waals surface area contributed by atoms with Crippen LogP contribution in [0.1, 0.15) is 60.3 Å². The molecule has 0 aromatic carbocycles. The van der Waals surface area contributed by atoms with Crippen molar-refractivity contribution in [3.8, 4) is 0 Å². The Kier molecular flexibility index (Phi) is 4.07. The lowest BCUT2D eigenvalue weighted by molar-refractivity contribution is 0.00907. The largest absolute Gasteiger partial charge is 0.379 e. The van der Waals surface area contributed by atoms with E-state index in [4.69, 9.17) is 4.74 Å². The predicted molar refractivity (Wildman–Crippen MR) is 69.7 cm³/mol. The van der Waals surface area contributed by atoms with E-state index in [1.165, 1.54) is 19.3 Å². The molecule has 16 heavy (non-hydrogen) atoms. The summed E-state index contributed by atoms with van der Waals surface area (Å²) in [5.41, 5.74) is 0.854. The Hall–Kier alpha value is -0.0800. The van der Waals surface area contributed by atoms with Gasteiger partial charge in [0.05, 0.1) is 5.60 Å². The number of hydrogen-bond donors (Lipinski definition) is 1. The molecule has 0 atom stereocenters. The highest BCUT2D eigenvalue weighted by molar-refractivity contribution is 4.97. The van der Waals surface area contributed by atoms with Crippen molar-refractivity contribution in [2.45, 2.75) is 71.4 Å². The Morgan fingerprint density at radius 3 is 2.06 bits per heavy atom. The minimum Gasteiger partial charge on any atom is -0.379 e. The number of nitrogens with one attached hydrogen (secondary N) is 1. The number of rotatable bonds is 6. The Balaban J connectivity index is 2.31. The molecule has 1 aliphatic rings. The molecule has 1 rings (SSSR count). The minimum absolute atomic E-state index is 0.0390. The molecule has 0 saturated heterocycles. The zero-order valence-corrected chi connectivity index (χ0v) is 11.9. The lowest BCUT2D eigenvalue weighted by atomic mass is 9.92. The van der Waals surface area contributed by atoms with Gasteiger partial charge in [-0.2, -0.15) is 0 Å². The summed E-state index contributed by atoms with van der Waals surface area (Å²) >= 11 is 0. The van der Waals surface area contributed by atoms with Gasteiger partial charge in [0.15, 0.2) is 0 Å². The second-order valence-electron chi connectivity index (χ2n) is 7.07. The molecule has 0 aliphatic heterocycles. The van der Waals surface area contributed by atoms with Gasteiger partial charge in [-0.1, -0.05) is 0 Å². The molecule has 0 aromatic heterocycles. The average Bonchev–Trinajstić information content (AvgIpc) is 2.92. The smallest absolute Gasteiger partial charge is 0.0623 e. The van der Waals surface area contributed by atoms with Crippen molar-refractivity contribution in [3.05, 3.63) is 0 Å². The molecule has 0 aromatic rings. The van der Waals surface area contributed by atoms with Crippen molar-refractivity contribution in [1.29, 1.82) is 0 Å². The molecule has 0 radical (unpaired) electrons. The van der Waals surface area contributed by atoms with Crippen LogP contribution < -0.4 is 5.32 Å². The minimum atomic E-state index is 0.0390. The Morgan fingerprint density at radius 1 is 1.12 bits per heavy atom. The van der Waals surface area contributed by atoms with Gasteiger partial charge in [0.2, 0.25) is 0 Å². The van der Waals surface area contributed by atoms with Crippen molar-refractivity contribution < 1.29 is 4.74 Å². The fourth-order valence-electron chi connectivity index (χ4n) is 1.81. The molecule has 0 spiro atoms. The van der Waals surface area contributed by atoms with Crippen molar-refractivity contribution >= 4 is 0 Å². The maximum atomic E-state index is 5.49. The zero-order chi connectivity index (χ0) is 12.4. The van der Waals surface area contributed by atoms with E-state index in [-0.39, 0.29) is 11.1 Å². The zero-order valence-electron chi connectivity index (χ0n) is 11.9. The fraction of sp³-hybridized carbons (Fsp3) is 1.00. The summed E-state index contributed by atoms with van der Waals surface area (Å²) in [5, 5.41) is 3.64. The van der Waals surface area contributed by atoms with E-state index in [1.54, 1.807) is 0 Å². The van der Waals surface area contributed by atoms with Gasteiger partial charge >= 0.3 is 0 Å². The van der Waals surface area contributed by atoms with E-state index < -0.39 is 0 Å². The van der Waals surface area contributed by atoms with Crippen molar-refractivity contribution in [3.63, 3.8) is 0 Å². The Labute approximate surface area is 101 Å². The third-order valence-electron chi connectivity index (χ3n) is 3.76. The van der Waals surface area contributed by atoms with E-state index in [1.807, 2.05) is 7.11 Å². The molecule has 2 nitrogen and oxygen atoms in total. The number of methoxy groups -OCH3 is 1. The highest BCUT2D eigenvalue weighted by Crippen LogP contribution is 2.50. The third-order valence-corrected chi connectivity index (χ3v) is 3.76. The van der Waals surface area contributed by atoms with E-state index >= 15 is 0 Å². The molecule has 1 aliphatic carbocycles. The molecule has 0 bridgehead atoms. The maximum absolute atomic E-state index is 5.49. The van der Waals surface area contributed by atoms with Gasteiger partial charge in [0.25, 0.3) is 0 Å². The van der Waals surface area contributed by atoms with Crippen molar-refractivity contribution in [1.82, 2.24) is 5.32 Å². The van der Waals surface area contributed by atoms with Gasteiger partial charge in [-0.25, -0.2) is 0 Å². The molecule has 0 heterocycles. The van der Waals surface area contributed by atoms with Crippen LogP contribution in [0.2, 0.25) is 0 Å². The Bertz CT molecular complexity index is 223. The van der Waals surface area contributed by atoms with E-state index in [9.17, 15) is 0 Å². The van der Waals surface area contributed by atoms with Crippen LogP contribution in [0.5, 0.6) is 0 Å². The highest BCUT2D eigenvalue weighted by Gasteiger charge is 2.43. The van der Waals surface area contributed by atoms with Crippen LogP contribution in [0.3, 0.4) is 0 Å². The Morgan fingerprint density at radius 2 is 1.69 bits per heavy atom. The van der Waals surface area contributed by atoms with Crippen LogP contribution in [-0.2, 0) is 4.74 Å². The van der Waals surface area contributed by atoms with Crippen molar-refractivity contribution in [2.24, 2.45) is 5.41 Å². The summed E-state index contributed by atoms with van der Waals surface area (Å²) in [5.74, 6) is 0. The number of hydrogen-bond acceptors (Lipinski definition) is 2. The van der Waals surface area contributed by atoms with Gasteiger partial charge in [-0.15, -0.1) is 0 Å². The predicted octanol–water partition coefficient (Wildman–Crippen LogP) is 3.36. The summed E-state index contributed by atoms with van der Waals surface area (Å²) in [7, 11) is 1.81. The molecule has 1 fully saturated rings. The standard InChI is InChI=1S/C14H29NO/c1-12(2,3)15-11-14(9-10-14)8-7-13(4,5)16-6/h15H,7-11H2,1-6H3. The molecule has 1 saturated carbocycles. The third kappa shape index (κ3) is 4.84. The highest BCUT2D eigenvalue weighted by atomic mass is 16.5. The second-order valence-corrected chi connectivity index (χ2v) is 7.07. The van der Waals surface area contributed by atoms with Crippen molar-refractivity contribution in [2.75, 3.05) is 13.7 Å². The summed E-state index contributed by atoms with van der Waals surface area (Å²) in [4.78, 5) is 0. The average molecular weight is 227 g/mol. The first-order valence-electron chi connectivity index (χ1n) is 6.48. The van der Waals surface area contributed by atoms with Crippen LogP contribution in [0.15, 0.2) is 0 Å². The lowest BCUT2D eigenvalue weighted by Crippen LogP contribution is -2.40. The van der Waals surface area contributed by atoms with Crippen LogP contribution in [-0.4, -0.2) is 24.8 Å². The molecule has 1 N–H and O–H groups in total. The lowest BCUT2D eigenvalue weighted by Gasteiger charge is -2.28. The SMILES string of the molecule is COC(C)(C)CCC1(CNC(C)(C)C)CC1. The summed E-state index contributed by atoms with van der Waals surface area (Å²) in [6.45, 7) is 12.2. The summed E-state index contributed by atoms with van der Waals surface area (Å²) in [6, 6.07) is 0. The molecular formula is C14H29NO. The molecular weight excluding hydrogens is 198 g/mol. The normalized spacial score (nSPS) is 19.9. The van der Waals surface area contributed by atoms with Gasteiger partial charge < -0.3 is 10.1 Å². The second kappa shape index (κ2) is 4.66. The molecule has 2 heteroatoms. The van der Waals surface area contributed by atoms with E-state index in [2.05, 4.69) is 39.9 Å².